The molecule has 5 rings (SSSR count). The molecule has 30 heavy (non-hydrogen) atoms. The lowest BCUT2D eigenvalue weighted by molar-refractivity contribution is 0.0552. The maximum absolute atomic E-state index is 15.4. The van der Waals surface area contributed by atoms with E-state index in [4.69, 9.17) is 16.3 Å². The summed E-state index contributed by atoms with van der Waals surface area (Å²) in [6.45, 7) is 1.32. The molecule has 1 fully saturated rings. The van der Waals surface area contributed by atoms with Gasteiger partial charge in [0.15, 0.2) is 5.82 Å². The summed E-state index contributed by atoms with van der Waals surface area (Å²) in [5, 5.41) is -0.0747. The molecule has 0 radical (unpaired) electrons. The van der Waals surface area contributed by atoms with E-state index >= 15 is 4.39 Å². The molecule has 1 saturated heterocycles. The van der Waals surface area contributed by atoms with Crippen LogP contribution in [0.5, 0.6) is 0 Å². The molecule has 1 aliphatic heterocycles. The molecule has 2 aromatic carbocycles. The third kappa shape index (κ3) is 3.22. The van der Waals surface area contributed by atoms with Crippen LogP contribution in [-0.4, -0.2) is 22.8 Å². The van der Waals surface area contributed by atoms with Gasteiger partial charge in [-0.2, -0.15) is 0 Å². The molecular formula is C23H18BrClF2N2O. The average molecular weight is 492 g/mol. The molecule has 3 heterocycles. The molecule has 0 spiro atoms. The predicted octanol–water partition coefficient (Wildman–Crippen LogP) is 6.90. The number of hydrogen-bond acceptors (Lipinski definition) is 2. The van der Waals surface area contributed by atoms with Crippen molar-refractivity contribution >= 4 is 49.5 Å². The predicted molar refractivity (Wildman–Crippen MR) is 118 cm³/mol. The number of nitrogens with zero attached hydrogens (tertiary/aromatic N) is 2. The van der Waals surface area contributed by atoms with Crippen molar-refractivity contribution in [1.29, 1.82) is 0 Å². The Morgan fingerprint density at radius 3 is 2.60 bits per heavy atom. The van der Waals surface area contributed by atoms with E-state index in [1.54, 1.807) is 6.20 Å². The quantitative estimate of drug-likeness (QED) is 0.292. The zero-order valence-electron chi connectivity index (χ0n) is 15.9. The number of benzene rings is 2. The van der Waals surface area contributed by atoms with Crippen molar-refractivity contribution in [3.8, 4) is 0 Å². The molecule has 154 valence electrons. The Morgan fingerprint density at radius 2 is 1.87 bits per heavy atom. The van der Waals surface area contributed by atoms with Crippen molar-refractivity contribution < 1.29 is 13.5 Å². The van der Waals surface area contributed by atoms with Crippen LogP contribution in [0, 0.1) is 17.6 Å². The highest BCUT2D eigenvalue weighted by Crippen LogP contribution is 2.42. The summed E-state index contributed by atoms with van der Waals surface area (Å²) in [7, 11) is 0. The maximum Gasteiger partial charge on any atom is 0.169 e. The van der Waals surface area contributed by atoms with E-state index in [0.717, 1.165) is 28.4 Å². The van der Waals surface area contributed by atoms with Crippen LogP contribution in [0.2, 0.25) is 5.02 Å². The Bertz CT molecular complexity index is 1240. The standard InChI is InChI=1S/C23H18BrClF2N2O/c24-15-10-18-21(28-12-15)16-11-17(26)19(25)20(27)23(16)29(18)22(13-4-2-1-3-5-13)14-6-8-30-9-7-14/h1-5,10-12,14,22H,6-9H2. The van der Waals surface area contributed by atoms with Gasteiger partial charge < -0.3 is 9.30 Å². The fraction of sp³-hybridized carbons (Fsp3) is 0.261. The maximum atomic E-state index is 15.4. The molecule has 0 amide bonds. The van der Waals surface area contributed by atoms with E-state index in [1.807, 2.05) is 41.0 Å². The van der Waals surface area contributed by atoms with E-state index in [1.165, 1.54) is 6.07 Å². The Labute approximate surface area is 185 Å². The molecule has 1 aliphatic rings. The lowest BCUT2D eigenvalue weighted by atomic mass is 9.86. The number of fused-ring (bicyclic) bond motifs is 3. The van der Waals surface area contributed by atoms with Crippen molar-refractivity contribution in [3.05, 3.63) is 75.4 Å². The molecule has 7 heteroatoms. The fourth-order valence-corrected chi connectivity index (χ4v) is 5.01. The number of pyridine rings is 1. The van der Waals surface area contributed by atoms with Crippen molar-refractivity contribution in [1.82, 2.24) is 9.55 Å². The van der Waals surface area contributed by atoms with Gasteiger partial charge in [0.2, 0.25) is 0 Å². The number of rotatable bonds is 3. The Kier molecular flexibility index (Phi) is 5.25. The summed E-state index contributed by atoms with van der Waals surface area (Å²) in [6.07, 6.45) is 3.33. The summed E-state index contributed by atoms with van der Waals surface area (Å²) < 4.78 is 38.1. The molecular weight excluding hydrogens is 474 g/mol. The van der Waals surface area contributed by atoms with Gasteiger partial charge in [0.1, 0.15) is 10.8 Å². The molecule has 2 aromatic heterocycles. The lowest BCUT2D eigenvalue weighted by Crippen LogP contribution is -2.27. The van der Waals surface area contributed by atoms with Crippen molar-refractivity contribution in [2.24, 2.45) is 5.92 Å². The smallest absolute Gasteiger partial charge is 0.169 e. The minimum absolute atomic E-state index is 0.165. The van der Waals surface area contributed by atoms with Crippen LogP contribution in [0.1, 0.15) is 24.4 Å². The van der Waals surface area contributed by atoms with Gasteiger partial charge in [0.25, 0.3) is 0 Å². The van der Waals surface area contributed by atoms with Gasteiger partial charge in [-0.1, -0.05) is 41.9 Å². The van der Waals surface area contributed by atoms with Crippen molar-refractivity contribution in [2.45, 2.75) is 18.9 Å². The third-order valence-corrected chi connectivity index (χ3v) is 6.64. The fourth-order valence-electron chi connectivity index (χ4n) is 4.54. The Morgan fingerprint density at radius 1 is 1.13 bits per heavy atom. The second-order valence-corrected chi connectivity index (χ2v) is 8.87. The van der Waals surface area contributed by atoms with E-state index in [-0.39, 0.29) is 17.5 Å². The molecule has 1 unspecified atom stereocenters. The van der Waals surface area contributed by atoms with Gasteiger partial charge in [-0.3, -0.25) is 4.98 Å². The van der Waals surface area contributed by atoms with Gasteiger partial charge in [0.05, 0.1) is 22.6 Å². The first-order valence-electron chi connectivity index (χ1n) is 9.81. The number of hydrogen-bond donors (Lipinski definition) is 0. The summed E-state index contributed by atoms with van der Waals surface area (Å²) in [4.78, 5) is 4.49. The number of aromatic nitrogens is 2. The monoisotopic (exact) mass is 490 g/mol. The highest BCUT2D eigenvalue weighted by molar-refractivity contribution is 9.10. The normalized spacial score (nSPS) is 16.4. The summed E-state index contributed by atoms with van der Waals surface area (Å²) >= 11 is 9.49. The van der Waals surface area contributed by atoms with Crippen LogP contribution in [0.25, 0.3) is 21.9 Å². The number of halogens is 4. The second-order valence-electron chi connectivity index (χ2n) is 7.58. The highest BCUT2D eigenvalue weighted by Gasteiger charge is 2.32. The SMILES string of the molecule is Fc1cc2c3ncc(Br)cc3n(C(c3ccccc3)C3CCOCC3)c2c(F)c1Cl. The molecule has 0 N–H and O–H groups in total. The Balaban J connectivity index is 1.90. The van der Waals surface area contributed by atoms with Crippen LogP contribution >= 0.6 is 27.5 Å². The van der Waals surface area contributed by atoms with Gasteiger partial charge in [-0.05, 0) is 52.4 Å². The summed E-state index contributed by atoms with van der Waals surface area (Å²) in [5.74, 6) is -1.32. The van der Waals surface area contributed by atoms with Crippen LogP contribution in [0.3, 0.4) is 0 Å². The molecule has 0 bridgehead atoms. The minimum atomic E-state index is -0.784. The first kappa shape index (κ1) is 19.9. The first-order chi connectivity index (χ1) is 14.6. The van der Waals surface area contributed by atoms with Crippen LogP contribution in [0.4, 0.5) is 8.78 Å². The Hall–Kier alpha value is -2.02. The van der Waals surface area contributed by atoms with Gasteiger partial charge in [0, 0.05) is 29.3 Å². The molecule has 4 aromatic rings. The topological polar surface area (TPSA) is 27.1 Å². The first-order valence-corrected chi connectivity index (χ1v) is 11.0. The largest absolute Gasteiger partial charge is 0.381 e. The van der Waals surface area contributed by atoms with Crippen LogP contribution in [0.15, 0.2) is 53.1 Å². The van der Waals surface area contributed by atoms with Crippen LogP contribution < -0.4 is 0 Å². The zero-order valence-corrected chi connectivity index (χ0v) is 18.3. The number of ether oxygens (including phenoxy) is 1. The molecule has 1 atom stereocenters. The van der Waals surface area contributed by atoms with E-state index in [0.29, 0.717) is 24.1 Å². The van der Waals surface area contributed by atoms with Gasteiger partial charge in [-0.15, -0.1) is 0 Å². The van der Waals surface area contributed by atoms with Crippen molar-refractivity contribution in [2.75, 3.05) is 13.2 Å². The lowest BCUT2D eigenvalue weighted by Gasteiger charge is -2.33. The highest BCUT2D eigenvalue weighted by atomic mass is 79.9. The average Bonchev–Trinajstić information content (AvgIpc) is 3.07. The zero-order chi connectivity index (χ0) is 20.8. The van der Waals surface area contributed by atoms with E-state index in [9.17, 15) is 4.39 Å². The van der Waals surface area contributed by atoms with Crippen molar-refractivity contribution in [3.63, 3.8) is 0 Å². The van der Waals surface area contributed by atoms with Crippen LogP contribution in [-0.2, 0) is 4.74 Å². The summed E-state index contributed by atoms with van der Waals surface area (Å²) in [6, 6.07) is 13.0. The molecule has 3 nitrogen and oxygen atoms in total. The third-order valence-electron chi connectivity index (χ3n) is 5.86. The molecule has 0 saturated carbocycles. The van der Waals surface area contributed by atoms with Gasteiger partial charge >= 0.3 is 0 Å². The summed E-state index contributed by atoms with van der Waals surface area (Å²) in [5.41, 5.74) is 2.63. The minimum Gasteiger partial charge on any atom is -0.381 e. The molecule has 0 aliphatic carbocycles. The van der Waals surface area contributed by atoms with E-state index in [2.05, 4.69) is 20.9 Å². The van der Waals surface area contributed by atoms with E-state index < -0.39 is 16.7 Å². The second kappa shape index (κ2) is 7.91. The van der Waals surface area contributed by atoms with Gasteiger partial charge in [-0.25, -0.2) is 8.78 Å².